The Kier molecular flexibility index (Phi) is 5.11. The van der Waals surface area contributed by atoms with E-state index in [0.717, 1.165) is 0 Å². The molecule has 0 saturated carbocycles. The van der Waals surface area contributed by atoms with E-state index in [9.17, 15) is 14.0 Å². The molecule has 1 atom stereocenters. The van der Waals surface area contributed by atoms with Crippen molar-refractivity contribution in [1.82, 2.24) is 25.1 Å². The zero-order valence-electron chi connectivity index (χ0n) is 15.3. The first-order chi connectivity index (χ1) is 12.3. The fraction of sp³-hybridized carbons (Fsp3) is 0.500. The lowest BCUT2D eigenvalue weighted by Gasteiger charge is -2.21. The molecule has 1 aliphatic rings. The number of H-pyrrole nitrogens is 1. The highest BCUT2D eigenvalue weighted by molar-refractivity contribution is 5.79. The quantitative estimate of drug-likeness (QED) is 0.856. The highest BCUT2D eigenvalue weighted by atomic mass is 19.1. The van der Waals surface area contributed by atoms with Crippen LogP contribution in [0.4, 0.5) is 9.18 Å². The second kappa shape index (κ2) is 7.31. The van der Waals surface area contributed by atoms with Crippen molar-refractivity contribution in [1.29, 1.82) is 0 Å². The van der Waals surface area contributed by atoms with Crippen molar-refractivity contribution < 1.29 is 14.0 Å². The first-order valence-electron chi connectivity index (χ1n) is 8.76. The summed E-state index contributed by atoms with van der Waals surface area (Å²) in [7, 11) is 1.67. The summed E-state index contributed by atoms with van der Waals surface area (Å²) in [6, 6.07) is 4.29. The van der Waals surface area contributed by atoms with Crippen molar-refractivity contribution in [3.8, 4) is 0 Å². The van der Waals surface area contributed by atoms with Gasteiger partial charge in [0.15, 0.2) is 0 Å². The van der Waals surface area contributed by atoms with Gasteiger partial charge < -0.3 is 20.1 Å². The number of likely N-dealkylation sites (tertiary alicyclic amines) is 1. The molecule has 0 aliphatic carbocycles. The first-order valence-corrected chi connectivity index (χ1v) is 8.76. The van der Waals surface area contributed by atoms with Crippen molar-refractivity contribution in [2.75, 3.05) is 20.1 Å². The average Bonchev–Trinajstić information content (AvgIpc) is 3.14. The van der Waals surface area contributed by atoms with E-state index in [4.69, 9.17) is 0 Å². The molecule has 0 unspecified atom stereocenters. The Labute approximate surface area is 151 Å². The number of imidazole rings is 1. The molecule has 0 radical (unpaired) electrons. The van der Waals surface area contributed by atoms with Crippen LogP contribution in [0.1, 0.15) is 26.1 Å². The molecule has 3 amide bonds. The smallest absolute Gasteiger partial charge is 0.317 e. The van der Waals surface area contributed by atoms with E-state index in [1.807, 2.05) is 18.7 Å². The van der Waals surface area contributed by atoms with Crippen LogP contribution in [-0.2, 0) is 11.3 Å². The topological polar surface area (TPSA) is 81.3 Å². The van der Waals surface area contributed by atoms with Crippen LogP contribution in [0.25, 0.3) is 11.0 Å². The van der Waals surface area contributed by atoms with Gasteiger partial charge >= 0.3 is 6.03 Å². The predicted molar refractivity (Wildman–Crippen MR) is 95.9 cm³/mol. The first kappa shape index (κ1) is 18.2. The number of nitrogens with zero attached hydrogens (tertiary/aromatic N) is 3. The highest BCUT2D eigenvalue weighted by Gasteiger charge is 2.31. The Morgan fingerprint density at radius 1 is 1.50 bits per heavy atom. The average molecular weight is 361 g/mol. The summed E-state index contributed by atoms with van der Waals surface area (Å²) in [6.45, 7) is 5.40. The molecule has 0 bridgehead atoms. The molecule has 0 spiro atoms. The van der Waals surface area contributed by atoms with Crippen LogP contribution in [0.15, 0.2) is 18.2 Å². The molecule has 26 heavy (non-hydrogen) atoms. The van der Waals surface area contributed by atoms with Gasteiger partial charge in [0.05, 0.1) is 17.6 Å². The maximum atomic E-state index is 13.2. The third kappa shape index (κ3) is 3.95. The van der Waals surface area contributed by atoms with Crippen molar-refractivity contribution in [3.63, 3.8) is 0 Å². The van der Waals surface area contributed by atoms with E-state index in [-0.39, 0.29) is 36.3 Å². The molecule has 7 nitrogen and oxygen atoms in total. The number of aromatic nitrogens is 2. The Morgan fingerprint density at radius 2 is 2.27 bits per heavy atom. The van der Waals surface area contributed by atoms with Crippen LogP contribution >= 0.6 is 0 Å². The maximum absolute atomic E-state index is 13.2. The molecule has 8 heteroatoms. The van der Waals surface area contributed by atoms with E-state index >= 15 is 0 Å². The number of urea groups is 1. The largest absolute Gasteiger partial charge is 0.340 e. The second-order valence-corrected chi connectivity index (χ2v) is 7.10. The van der Waals surface area contributed by atoms with Gasteiger partial charge in [0, 0.05) is 38.5 Å². The van der Waals surface area contributed by atoms with Crippen LogP contribution in [0.5, 0.6) is 0 Å². The molecule has 2 heterocycles. The van der Waals surface area contributed by atoms with Crippen LogP contribution in [0.3, 0.4) is 0 Å². The zero-order chi connectivity index (χ0) is 18.8. The minimum absolute atomic E-state index is 0.136. The van der Waals surface area contributed by atoms with E-state index < -0.39 is 0 Å². The van der Waals surface area contributed by atoms with Crippen LogP contribution < -0.4 is 5.32 Å². The number of benzene rings is 1. The lowest BCUT2D eigenvalue weighted by atomic mass is 10.1. The minimum atomic E-state index is -0.333. The number of carbonyl (C=O) groups is 2. The fourth-order valence-corrected chi connectivity index (χ4v) is 3.22. The van der Waals surface area contributed by atoms with Crippen molar-refractivity contribution in [2.45, 2.75) is 32.9 Å². The summed E-state index contributed by atoms with van der Waals surface area (Å²) in [5, 5.41) is 2.87. The summed E-state index contributed by atoms with van der Waals surface area (Å²) in [4.78, 5) is 34.9. The lowest BCUT2D eigenvalue weighted by Crippen LogP contribution is -2.40. The Morgan fingerprint density at radius 3 is 2.96 bits per heavy atom. The van der Waals surface area contributed by atoms with Gasteiger partial charge in [-0.3, -0.25) is 4.79 Å². The zero-order valence-corrected chi connectivity index (χ0v) is 15.3. The van der Waals surface area contributed by atoms with Gasteiger partial charge in [0.2, 0.25) is 5.91 Å². The number of amides is 3. The minimum Gasteiger partial charge on any atom is -0.340 e. The fourth-order valence-electron chi connectivity index (χ4n) is 3.22. The number of hydrogen-bond donors (Lipinski definition) is 2. The summed E-state index contributed by atoms with van der Waals surface area (Å²) in [6.07, 6.45) is 0.470. The van der Waals surface area contributed by atoms with Crippen molar-refractivity contribution in [3.05, 3.63) is 29.8 Å². The Balaban J connectivity index is 1.52. The number of hydrogen-bond acceptors (Lipinski definition) is 3. The van der Waals surface area contributed by atoms with E-state index in [1.165, 1.54) is 17.0 Å². The van der Waals surface area contributed by atoms with Crippen LogP contribution in [0, 0.1) is 11.7 Å². The van der Waals surface area contributed by atoms with Gasteiger partial charge in [-0.15, -0.1) is 0 Å². The SMILES string of the molecule is CC(C)N1C[C@@H](CNC(=O)N(C)Cc2nc3ccc(F)cc3[nH]2)CC1=O. The monoisotopic (exact) mass is 361 g/mol. The van der Waals surface area contributed by atoms with Gasteiger partial charge in [-0.05, 0) is 32.0 Å². The number of fused-ring (bicyclic) bond motifs is 1. The highest BCUT2D eigenvalue weighted by Crippen LogP contribution is 2.19. The molecular formula is C18H24FN5O2. The third-order valence-electron chi connectivity index (χ3n) is 4.63. The number of rotatable bonds is 5. The third-order valence-corrected chi connectivity index (χ3v) is 4.63. The molecule has 2 N–H and O–H groups in total. The van der Waals surface area contributed by atoms with E-state index in [0.29, 0.717) is 36.4 Å². The van der Waals surface area contributed by atoms with Crippen LogP contribution in [-0.4, -0.2) is 57.9 Å². The maximum Gasteiger partial charge on any atom is 0.317 e. The van der Waals surface area contributed by atoms with E-state index in [2.05, 4.69) is 15.3 Å². The molecular weight excluding hydrogens is 337 g/mol. The lowest BCUT2D eigenvalue weighted by molar-refractivity contribution is -0.129. The van der Waals surface area contributed by atoms with Gasteiger partial charge in [-0.2, -0.15) is 0 Å². The van der Waals surface area contributed by atoms with Gasteiger partial charge in [-0.1, -0.05) is 0 Å². The summed E-state index contributed by atoms with van der Waals surface area (Å²) < 4.78 is 13.2. The Bertz CT molecular complexity index is 819. The molecule has 1 aliphatic heterocycles. The molecule has 140 valence electrons. The second-order valence-electron chi connectivity index (χ2n) is 7.10. The Hall–Kier alpha value is -2.64. The number of carbonyl (C=O) groups excluding carboxylic acids is 2. The molecule has 1 aromatic heterocycles. The molecule has 1 aromatic carbocycles. The van der Waals surface area contributed by atoms with Gasteiger partial charge in [-0.25, -0.2) is 14.2 Å². The van der Waals surface area contributed by atoms with Crippen LogP contribution in [0.2, 0.25) is 0 Å². The summed E-state index contributed by atoms with van der Waals surface area (Å²) >= 11 is 0. The number of aromatic amines is 1. The van der Waals surface area contributed by atoms with Crippen molar-refractivity contribution >= 4 is 23.0 Å². The van der Waals surface area contributed by atoms with Gasteiger partial charge in [0.25, 0.3) is 0 Å². The number of halogens is 1. The molecule has 1 fully saturated rings. The molecule has 3 rings (SSSR count). The molecule has 2 aromatic rings. The number of nitrogens with one attached hydrogen (secondary N) is 2. The van der Waals surface area contributed by atoms with Crippen molar-refractivity contribution in [2.24, 2.45) is 5.92 Å². The molecule has 1 saturated heterocycles. The standard InChI is InChI=1S/C18H24FN5O2/c1-11(2)24-9-12(6-17(24)25)8-20-18(26)23(3)10-16-21-14-5-4-13(19)7-15(14)22-16/h4-5,7,11-12H,6,8-10H2,1-3H3,(H,20,26)(H,21,22)/t12-/m1/s1. The summed E-state index contributed by atoms with van der Waals surface area (Å²) in [5.74, 6) is 0.532. The van der Waals surface area contributed by atoms with Gasteiger partial charge in [0.1, 0.15) is 11.6 Å². The van der Waals surface area contributed by atoms with E-state index in [1.54, 1.807) is 13.1 Å². The summed E-state index contributed by atoms with van der Waals surface area (Å²) in [5.41, 5.74) is 1.26. The predicted octanol–water partition coefficient (Wildman–Crippen LogP) is 2.10. The normalized spacial score (nSPS) is 17.3.